The van der Waals surface area contributed by atoms with Crippen molar-refractivity contribution < 1.29 is 43.8 Å². The summed E-state index contributed by atoms with van der Waals surface area (Å²) in [4.78, 5) is 21.5. The Kier molecular flexibility index (Phi) is 14.4. The van der Waals surface area contributed by atoms with Crippen LogP contribution >= 0.6 is 11.6 Å². The highest BCUT2D eigenvalue weighted by Crippen LogP contribution is 2.34. The van der Waals surface area contributed by atoms with Gasteiger partial charge in [0.25, 0.3) is 0 Å². The van der Waals surface area contributed by atoms with E-state index in [1.807, 2.05) is 30.3 Å². The second-order valence-electron chi connectivity index (χ2n) is 10.2. The van der Waals surface area contributed by atoms with Gasteiger partial charge in [0, 0.05) is 6.54 Å². The van der Waals surface area contributed by atoms with Gasteiger partial charge in [0.1, 0.15) is 30.7 Å². The highest BCUT2D eigenvalue weighted by Gasteiger charge is 2.44. The van der Waals surface area contributed by atoms with Crippen molar-refractivity contribution in [3.8, 4) is 12.3 Å². The first-order valence-corrected chi connectivity index (χ1v) is 15.2. The number of carbonyl (C=O) groups is 1. The minimum absolute atomic E-state index is 0.0625. The van der Waals surface area contributed by atoms with E-state index in [2.05, 4.69) is 31.6 Å². The van der Waals surface area contributed by atoms with Crippen LogP contribution in [0.4, 0.5) is 5.82 Å². The molecular weight excluding hydrogens is 624 g/mol. The first kappa shape index (κ1) is 35.4. The number of hydrogen-bond acceptors (Lipinski definition) is 13. The van der Waals surface area contributed by atoms with Gasteiger partial charge in [-0.3, -0.25) is 4.79 Å². The Bertz CT molecular complexity index is 1410. The van der Waals surface area contributed by atoms with E-state index in [-0.39, 0.29) is 29.9 Å². The van der Waals surface area contributed by atoms with E-state index in [0.717, 1.165) is 5.56 Å². The summed E-state index contributed by atoms with van der Waals surface area (Å²) >= 11 is 6.27. The molecule has 2 aromatic heterocycles. The van der Waals surface area contributed by atoms with E-state index in [4.69, 9.17) is 41.7 Å². The van der Waals surface area contributed by atoms with E-state index < -0.39 is 37.2 Å². The van der Waals surface area contributed by atoms with Crippen LogP contribution in [-0.4, -0.2) is 125 Å². The van der Waals surface area contributed by atoms with Crippen molar-refractivity contribution in [2.75, 3.05) is 71.3 Å². The molecule has 16 heteroatoms. The Balaban J connectivity index is 1.28. The lowest BCUT2D eigenvalue weighted by Gasteiger charge is -2.20. The third-order valence-electron chi connectivity index (χ3n) is 6.96. The maximum absolute atomic E-state index is 12.9. The minimum atomic E-state index is -1.36. The third-order valence-corrected chi connectivity index (χ3v) is 7.13. The number of nitrogens with zero attached hydrogens (tertiary/aromatic N) is 4. The maximum Gasteiger partial charge on any atom is 0.226 e. The van der Waals surface area contributed by atoms with Crippen molar-refractivity contribution >= 4 is 34.4 Å². The topological polar surface area (TPSA) is 192 Å². The van der Waals surface area contributed by atoms with Crippen molar-refractivity contribution in [1.29, 1.82) is 0 Å². The molecule has 1 fully saturated rings. The number of aliphatic hydroxyl groups is 3. The Morgan fingerprint density at radius 3 is 2.35 bits per heavy atom. The van der Waals surface area contributed by atoms with Gasteiger partial charge >= 0.3 is 0 Å². The largest absolute Gasteiger partial charge is 0.394 e. The van der Waals surface area contributed by atoms with Gasteiger partial charge < -0.3 is 49.6 Å². The number of rotatable bonds is 20. The molecule has 0 saturated carbocycles. The molecule has 1 unspecified atom stereocenters. The van der Waals surface area contributed by atoms with Gasteiger partial charge in [-0.05, 0) is 17.2 Å². The van der Waals surface area contributed by atoms with Crippen molar-refractivity contribution in [3.05, 3.63) is 47.4 Å². The predicted molar refractivity (Wildman–Crippen MR) is 166 cm³/mol. The zero-order valence-corrected chi connectivity index (χ0v) is 25.9. The first-order chi connectivity index (χ1) is 22.4. The van der Waals surface area contributed by atoms with Gasteiger partial charge in [0.15, 0.2) is 11.9 Å². The molecule has 0 spiro atoms. The molecule has 3 aromatic rings. The lowest BCUT2D eigenvalue weighted by molar-refractivity contribution is -0.121. The summed E-state index contributed by atoms with van der Waals surface area (Å²) in [5.74, 6) is 2.47. The van der Waals surface area contributed by atoms with Gasteiger partial charge in [-0.25, -0.2) is 4.68 Å². The number of amides is 1. The predicted octanol–water partition coefficient (Wildman–Crippen LogP) is 0.450. The Morgan fingerprint density at radius 2 is 1.70 bits per heavy atom. The molecule has 46 heavy (non-hydrogen) atoms. The Hall–Kier alpha value is -3.43. The van der Waals surface area contributed by atoms with E-state index in [1.165, 1.54) is 10.9 Å². The van der Waals surface area contributed by atoms with Gasteiger partial charge in [-0.2, -0.15) is 15.1 Å². The normalized spacial score (nSPS) is 20.1. The molecule has 4 rings (SSSR count). The van der Waals surface area contributed by atoms with E-state index in [9.17, 15) is 20.1 Å². The number of aromatic nitrogens is 4. The molecule has 1 saturated heterocycles. The average Bonchev–Trinajstić information content (AvgIpc) is 3.60. The van der Waals surface area contributed by atoms with Crippen LogP contribution in [0.3, 0.4) is 0 Å². The number of ether oxygens (including phenoxy) is 5. The first-order valence-electron chi connectivity index (χ1n) is 14.8. The molecule has 0 aliphatic carbocycles. The number of carbonyl (C=O) groups excluding carboxylic acids is 1. The highest BCUT2D eigenvalue weighted by atomic mass is 35.5. The second-order valence-corrected chi connectivity index (χ2v) is 10.5. The molecule has 1 aromatic carbocycles. The number of fused-ring (bicyclic) bond motifs is 1. The Labute approximate surface area is 271 Å². The lowest BCUT2D eigenvalue weighted by atomic mass is 10.0. The summed E-state index contributed by atoms with van der Waals surface area (Å²) in [6.45, 7) is 2.91. The SMILES string of the molecule is C#CCOCCOCCOCCOCCNC(=O)C[C@@H](Nc1nc(Cl)nc2c1cnn2C1O[C@H](CO)[C@@H](O)[C@H]1O)c1ccccc1. The molecule has 1 aliphatic rings. The van der Waals surface area contributed by atoms with Gasteiger partial charge in [-0.15, -0.1) is 6.42 Å². The van der Waals surface area contributed by atoms with Crippen LogP contribution in [0.1, 0.15) is 24.3 Å². The molecule has 5 atom stereocenters. The molecule has 0 bridgehead atoms. The summed E-state index contributed by atoms with van der Waals surface area (Å²) in [7, 11) is 0. The number of nitrogens with one attached hydrogen (secondary N) is 2. The smallest absolute Gasteiger partial charge is 0.226 e. The van der Waals surface area contributed by atoms with Gasteiger partial charge in [0.05, 0.1) is 76.9 Å². The number of benzene rings is 1. The van der Waals surface area contributed by atoms with Crippen molar-refractivity contribution in [2.24, 2.45) is 0 Å². The molecular formula is C30H39ClN6O9. The van der Waals surface area contributed by atoms with Crippen LogP contribution in [0.15, 0.2) is 36.5 Å². The number of hydrogen-bond donors (Lipinski definition) is 5. The average molecular weight is 663 g/mol. The molecule has 250 valence electrons. The number of terminal acetylenes is 1. The molecule has 5 N–H and O–H groups in total. The summed E-state index contributed by atoms with van der Waals surface area (Å²) in [5.41, 5.74) is 1.06. The highest BCUT2D eigenvalue weighted by molar-refractivity contribution is 6.28. The fourth-order valence-electron chi connectivity index (χ4n) is 4.69. The molecule has 1 amide bonds. The third kappa shape index (κ3) is 10.0. The van der Waals surface area contributed by atoms with Crippen LogP contribution in [-0.2, 0) is 28.5 Å². The quantitative estimate of drug-likeness (QED) is 0.0637. The van der Waals surface area contributed by atoms with Crippen LogP contribution in [0, 0.1) is 12.3 Å². The van der Waals surface area contributed by atoms with Crippen molar-refractivity contribution in [2.45, 2.75) is 37.0 Å². The van der Waals surface area contributed by atoms with E-state index in [0.29, 0.717) is 64.0 Å². The monoisotopic (exact) mass is 662 g/mol. The zero-order valence-electron chi connectivity index (χ0n) is 25.2. The lowest BCUT2D eigenvalue weighted by Crippen LogP contribution is -2.33. The van der Waals surface area contributed by atoms with E-state index >= 15 is 0 Å². The second kappa shape index (κ2) is 18.6. The van der Waals surface area contributed by atoms with E-state index in [1.54, 1.807) is 0 Å². The Morgan fingerprint density at radius 1 is 1.02 bits per heavy atom. The summed E-state index contributed by atoms with van der Waals surface area (Å²) in [6.07, 6.45) is 1.85. The molecule has 1 aliphatic heterocycles. The van der Waals surface area contributed by atoms with Gasteiger partial charge in [0.2, 0.25) is 11.2 Å². The number of anilines is 1. The summed E-state index contributed by atoms with van der Waals surface area (Å²) in [6, 6.07) is 8.86. The summed E-state index contributed by atoms with van der Waals surface area (Å²) < 4.78 is 28.4. The van der Waals surface area contributed by atoms with Crippen molar-refractivity contribution in [3.63, 3.8) is 0 Å². The van der Waals surface area contributed by atoms with Crippen LogP contribution in [0.25, 0.3) is 11.0 Å². The fourth-order valence-corrected chi connectivity index (χ4v) is 4.86. The number of halogens is 1. The van der Waals surface area contributed by atoms with Gasteiger partial charge in [-0.1, -0.05) is 36.3 Å². The summed E-state index contributed by atoms with van der Waals surface area (Å²) in [5, 5.41) is 41.0. The van der Waals surface area contributed by atoms with Crippen LogP contribution < -0.4 is 10.6 Å². The standard InChI is InChI=1S/C30H39ClN6O9/c1-2-9-42-11-13-44-15-16-45-14-12-43-10-8-32-24(39)17-22(20-6-4-3-5-7-20)34-27-21-18-33-37(28(21)36-30(31)35-27)29-26(41)25(40)23(19-38)46-29/h1,3-7,18,22-23,25-26,29,38,40-41H,8-17,19H2,(H,32,39)(H,34,35,36)/t22-,23-,25-,26-,29?/m1/s1. The fraction of sp³-hybridized carbons (Fsp3) is 0.533. The van der Waals surface area contributed by atoms with Crippen molar-refractivity contribution in [1.82, 2.24) is 25.1 Å². The van der Waals surface area contributed by atoms with Crippen LogP contribution in [0.2, 0.25) is 5.28 Å². The molecule has 0 radical (unpaired) electrons. The zero-order chi connectivity index (χ0) is 32.7. The maximum atomic E-state index is 12.9. The van der Waals surface area contributed by atoms with Crippen LogP contribution in [0.5, 0.6) is 0 Å². The minimum Gasteiger partial charge on any atom is -0.394 e. The molecule has 15 nitrogen and oxygen atoms in total. The molecule has 3 heterocycles. The number of aliphatic hydroxyl groups excluding tert-OH is 3.